The number of hydrogen-bond acceptors (Lipinski definition) is 3. The highest BCUT2D eigenvalue weighted by Gasteiger charge is 2.51. The van der Waals surface area contributed by atoms with Gasteiger partial charge in [-0.2, -0.15) is 0 Å². The fourth-order valence-electron chi connectivity index (χ4n) is 3.75. The second-order valence-corrected chi connectivity index (χ2v) is 5.56. The molecule has 0 aromatic heterocycles. The van der Waals surface area contributed by atoms with Gasteiger partial charge in [0.2, 0.25) is 5.91 Å². The van der Waals surface area contributed by atoms with Crippen molar-refractivity contribution in [3.05, 3.63) is 30.3 Å². The van der Waals surface area contributed by atoms with E-state index in [2.05, 4.69) is 5.32 Å². The Bertz CT molecular complexity index is 499. The van der Waals surface area contributed by atoms with E-state index in [1.54, 1.807) is 12.1 Å². The van der Waals surface area contributed by atoms with E-state index in [-0.39, 0.29) is 17.7 Å². The first-order valence-corrected chi connectivity index (χ1v) is 6.73. The quantitative estimate of drug-likeness (QED) is 0.880. The fraction of sp³-hybridized carbons (Fsp3) is 0.467. The topological polar surface area (TPSA) is 69.2 Å². The largest absolute Gasteiger partial charge is 0.550 e. The minimum absolute atomic E-state index is 0.126. The van der Waals surface area contributed by atoms with Crippen LogP contribution in [0, 0.1) is 23.7 Å². The molecule has 0 spiro atoms. The van der Waals surface area contributed by atoms with Gasteiger partial charge in [-0.1, -0.05) is 18.2 Å². The van der Waals surface area contributed by atoms with Crippen LogP contribution in [0.3, 0.4) is 0 Å². The molecule has 2 aliphatic rings. The van der Waals surface area contributed by atoms with Crippen LogP contribution in [-0.2, 0) is 9.59 Å². The Labute approximate surface area is 111 Å². The predicted octanol–water partition coefficient (Wildman–Crippen LogP) is 1.04. The Morgan fingerprint density at radius 1 is 1.05 bits per heavy atom. The number of anilines is 1. The van der Waals surface area contributed by atoms with E-state index < -0.39 is 17.8 Å². The molecule has 1 aromatic carbocycles. The van der Waals surface area contributed by atoms with Gasteiger partial charge >= 0.3 is 0 Å². The lowest BCUT2D eigenvalue weighted by atomic mass is 9.78. The molecule has 100 valence electrons. The highest BCUT2D eigenvalue weighted by atomic mass is 16.4. The summed E-state index contributed by atoms with van der Waals surface area (Å²) in [5.74, 6) is -1.95. The Morgan fingerprint density at radius 3 is 2.32 bits per heavy atom. The molecule has 4 atom stereocenters. The summed E-state index contributed by atoms with van der Waals surface area (Å²) in [4.78, 5) is 23.6. The number of carboxylic acid groups (broad SMARTS) is 1. The van der Waals surface area contributed by atoms with Crippen LogP contribution in [0.2, 0.25) is 0 Å². The van der Waals surface area contributed by atoms with Crippen molar-refractivity contribution in [2.45, 2.75) is 19.3 Å². The van der Waals surface area contributed by atoms with Gasteiger partial charge in [0.15, 0.2) is 0 Å². The first-order chi connectivity index (χ1) is 9.16. The Balaban J connectivity index is 1.77. The summed E-state index contributed by atoms with van der Waals surface area (Å²) >= 11 is 0. The lowest BCUT2D eigenvalue weighted by molar-refractivity contribution is -0.314. The number of para-hydroxylation sites is 1. The van der Waals surface area contributed by atoms with Crippen molar-refractivity contribution in [1.82, 2.24) is 0 Å². The number of amides is 1. The van der Waals surface area contributed by atoms with Gasteiger partial charge in [0, 0.05) is 23.5 Å². The predicted molar refractivity (Wildman–Crippen MR) is 67.9 cm³/mol. The van der Waals surface area contributed by atoms with Crippen LogP contribution in [0.15, 0.2) is 30.3 Å². The van der Waals surface area contributed by atoms with E-state index in [9.17, 15) is 14.7 Å². The zero-order chi connectivity index (χ0) is 13.4. The summed E-state index contributed by atoms with van der Waals surface area (Å²) in [7, 11) is 0. The van der Waals surface area contributed by atoms with E-state index in [0.29, 0.717) is 5.69 Å². The van der Waals surface area contributed by atoms with Gasteiger partial charge in [0.25, 0.3) is 0 Å². The molecule has 19 heavy (non-hydrogen) atoms. The SMILES string of the molecule is O=C([O-])C1C2CCC(C2)C1C(=O)Nc1ccccc1. The second-order valence-electron chi connectivity index (χ2n) is 5.56. The Hall–Kier alpha value is -1.84. The summed E-state index contributed by atoms with van der Waals surface area (Å²) in [6, 6.07) is 9.16. The van der Waals surface area contributed by atoms with E-state index >= 15 is 0 Å². The number of nitrogens with one attached hydrogen (secondary N) is 1. The van der Waals surface area contributed by atoms with Crippen molar-refractivity contribution < 1.29 is 14.7 Å². The molecule has 2 bridgehead atoms. The maximum atomic E-state index is 12.3. The summed E-state index contributed by atoms with van der Waals surface area (Å²) in [5, 5.41) is 14.1. The number of carboxylic acids is 1. The summed E-state index contributed by atoms with van der Waals surface area (Å²) in [6.07, 6.45) is 2.73. The molecule has 4 heteroatoms. The number of carbonyl (C=O) groups is 2. The van der Waals surface area contributed by atoms with E-state index in [1.807, 2.05) is 18.2 Å². The third-order valence-corrected chi connectivity index (χ3v) is 4.53. The molecule has 3 rings (SSSR count). The van der Waals surface area contributed by atoms with E-state index in [0.717, 1.165) is 19.3 Å². The van der Waals surface area contributed by atoms with Crippen molar-refractivity contribution in [2.24, 2.45) is 23.7 Å². The fourth-order valence-corrected chi connectivity index (χ4v) is 3.75. The normalized spacial score (nSPS) is 32.2. The molecule has 2 aliphatic carbocycles. The molecule has 0 saturated heterocycles. The highest BCUT2D eigenvalue weighted by molar-refractivity contribution is 5.95. The molecule has 1 aromatic rings. The van der Waals surface area contributed by atoms with Gasteiger partial charge in [0.05, 0.1) is 0 Å². The number of hydrogen-bond donors (Lipinski definition) is 1. The lowest BCUT2D eigenvalue weighted by Gasteiger charge is -2.30. The Morgan fingerprint density at radius 2 is 1.68 bits per heavy atom. The van der Waals surface area contributed by atoms with Gasteiger partial charge in [0.1, 0.15) is 0 Å². The molecule has 0 heterocycles. The van der Waals surface area contributed by atoms with Crippen molar-refractivity contribution in [3.8, 4) is 0 Å². The highest BCUT2D eigenvalue weighted by Crippen LogP contribution is 2.52. The van der Waals surface area contributed by atoms with Crippen molar-refractivity contribution in [3.63, 3.8) is 0 Å². The lowest BCUT2D eigenvalue weighted by Crippen LogP contribution is -2.43. The summed E-state index contributed by atoms with van der Waals surface area (Å²) < 4.78 is 0. The Kier molecular flexibility index (Phi) is 3.01. The number of fused-ring (bicyclic) bond motifs is 2. The van der Waals surface area contributed by atoms with Crippen LogP contribution < -0.4 is 10.4 Å². The maximum absolute atomic E-state index is 12.3. The monoisotopic (exact) mass is 258 g/mol. The molecular weight excluding hydrogens is 242 g/mol. The molecule has 2 saturated carbocycles. The van der Waals surface area contributed by atoms with Gasteiger partial charge in [-0.25, -0.2) is 0 Å². The smallest absolute Gasteiger partial charge is 0.228 e. The van der Waals surface area contributed by atoms with Crippen LogP contribution in [-0.4, -0.2) is 11.9 Å². The number of aliphatic carboxylic acids is 1. The standard InChI is InChI=1S/C15H17NO3/c17-14(16-11-4-2-1-3-5-11)12-9-6-7-10(8-9)13(12)15(18)19/h1-5,9-10,12-13H,6-8H2,(H,16,17)(H,18,19)/p-1. The molecular formula is C15H16NO3-. The molecule has 4 nitrogen and oxygen atoms in total. The van der Waals surface area contributed by atoms with Gasteiger partial charge in [-0.15, -0.1) is 0 Å². The number of rotatable bonds is 3. The van der Waals surface area contributed by atoms with Gasteiger partial charge in [-0.05, 0) is 43.2 Å². The minimum Gasteiger partial charge on any atom is -0.550 e. The zero-order valence-corrected chi connectivity index (χ0v) is 10.5. The van der Waals surface area contributed by atoms with E-state index in [4.69, 9.17) is 0 Å². The number of benzene rings is 1. The van der Waals surface area contributed by atoms with Crippen LogP contribution in [0.4, 0.5) is 5.69 Å². The maximum Gasteiger partial charge on any atom is 0.228 e. The molecule has 0 aliphatic heterocycles. The summed E-state index contributed by atoms with van der Waals surface area (Å²) in [6.45, 7) is 0. The molecule has 0 radical (unpaired) electrons. The first kappa shape index (κ1) is 12.2. The zero-order valence-electron chi connectivity index (χ0n) is 10.5. The second kappa shape index (κ2) is 4.68. The van der Waals surface area contributed by atoms with Crippen molar-refractivity contribution in [2.75, 3.05) is 5.32 Å². The van der Waals surface area contributed by atoms with Crippen molar-refractivity contribution >= 4 is 17.6 Å². The average Bonchev–Trinajstić information content (AvgIpc) is 2.99. The van der Waals surface area contributed by atoms with E-state index in [1.165, 1.54) is 0 Å². The van der Waals surface area contributed by atoms with Crippen LogP contribution in [0.1, 0.15) is 19.3 Å². The minimum atomic E-state index is -1.07. The van der Waals surface area contributed by atoms with Crippen LogP contribution in [0.5, 0.6) is 0 Å². The molecule has 4 unspecified atom stereocenters. The van der Waals surface area contributed by atoms with Crippen LogP contribution >= 0.6 is 0 Å². The van der Waals surface area contributed by atoms with Gasteiger partial charge in [-0.3, -0.25) is 4.79 Å². The average molecular weight is 258 g/mol. The third-order valence-electron chi connectivity index (χ3n) is 4.53. The summed E-state index contributed by atoms with van der Waals surface area (Å²) in [5.41, 5.74) is 0.715. The van der Waals surface area contributed by atoms with Gasteiger partial charge < -0.3 is 15.2 Å². The number of carbonyl (C=O) groups excluding carboxylic acids is 2. The third kappa shape index (κ3) is 2.11. The molecule has 2 fully saturated rings. The first-order valence-electron chi connectivity index (χ1n) is 6.73. The molecule has 1 amide bonds. The van der Waals surface area contributed by atoms with Crippen LogP contribution in [0.25, 0.3) is 0 Å². The molecule has 1 N–H and O–H groups in total. The van der Waals surface area contributed by atoms with Crippen molar-refractivity contribution in [1.29, 1.82) is 0 Å².